The molecule has 1 aromatic carbocycles. The van der Waals surface area contributed by atoms with E-state index >= 15 is 0 Å². The number of carbonyl (C=O) groups excluding carboxylic acids is 1. The van der Waals surface area contributed by atoms with Crippen LogP contribution in [0.5, 0.6) is 0 Å². The molecule has 0 aliphatic rings. The first-order chi connectivity index (χ1) is 7.20. The van der Waals surface area contributed by atoms with Gasteiger partial charge in [0.2, 0.25) is 0 Å². The van der Waals surface area contributed by atoms with Crippen LogP contribution in [0.15, 0.2) is 28.9 Å². The molecule has 5 heteroatoms. The summed E-state index contributed by atoms with van der Waals surface area (Å²) < 4.78 is 0.877. The average Bonchev–Trinajstić information content (AvgIpc) is 2.66. The van der Waals surface area contributed by atoms with Crippen LogP contribution >= 0.6 is 38.9 Å². The number of hydrogen-bond donors (Lipinski definition) is 0. The number of halogens is 2. The van der Waals surface area contributed by atoms with Gasteiger partial charge in [-0.15, -0.1) is 11.3 Å². The van der Waals surface area contributed by atoms with Crippen molar-refractivity contribution in [1.82, 2.24) is 4.98 Å². The Hall–Kier alpha value is -0.710. The fourth-order valence-corrected chi connectivity index (χ4v) is 2.90. The van der Waals surface area contributed by atoms with Crippen molar-refractivity contribution in [1.29, 1.82) is 0 Å². The van der Waals surface area contributed by atoms with Gasteiger partial charge in [-0.3, -0.25) is 4.79 Å². The second-order valence-electron chi connectivity index (χ2n) is 2.81. The first-order valence-electron chi connectivity index (χ1n) is 4.07. The molecule has 0 saturated heterocycles. The minimum atomic E-state index is 0.617. The molecule has 0 unspecified atom stereocenters. The van der Waals surface area contributed by atoms with Crippen molar-refractivity contribution >= 4 is 45.2 Å². The Morgan fingerprint density at radius 1 is 1.47 bits per heavy atom. The summed E-state index contributed by atoms with van der Waals surface area (Å²) in [5, 5.41) is 1.47. The van der Waals surface area contributed by atoms with Crippen LogP contribution in [0.1, 0.15) is 9.67 Å². The van der Waals surface area contributed by atoms with Gasteiger partial charge in [0.15, 0.2) is 6.29 Å². The van der Waals surface area contributed by atoms with E-state index in [1.54, 1.807) is 18.3 Å². The second-order valence-corrected chi connectivity index (χ2v) is 5.16. The minimum Gasteiger partial charge on any atom is -0.297 e. The van der Waals surface area contributed by atoms with Crippen molar-refractivity contribution in [3.63, 3.8) is 0 Å². The van der Waals surface area contributed by atoms with E-state index in [0.717, 1.165) is 21.3 Å². The summed E-state index contributed by atoms with van der Waals surface area (Å²) >= 11 is 10.6. The van der Waals surface area contributed by atoms with Crippen molar-refractivity contribution in [3.05, 3.63) is 38.8 Å². The molecule has 0 aliphatic carbocycles. The number of nitrogens with zero attached hydrogens (tertiary/aromatic N) is 1. The highest BCUT2D eigenvalue weighted by Crippen LogP contribution is 2.32. The fraction of sp³-hybridized carbons (Fsp3) is 0. The van der Waals surface area contributed by atoms with E-state index in [1.165, 1.54) is 11.3 Å². The van der Waals surface area contributed by atoms with Crippen LogP contribution in [0.4, 0.5) is 0 Å². The SMILES string of the molecule is O=Cc1cnc(-c2ccc(Cl)cc2Br)s1. The van der Waals surface area contributed by atoms with Crippen LogP contribution in [0.3, 0.4) is 0 Å². The number of aromatic nitrogens is 1. The van der Waals surface area contributed by atoms with Gasteiger partial charge in [-0.1, -0.05) is 27.5 Å². The Morgan fingerprint density at radius 3 is 2.87 bits per heavy atom. The molecule has 0 saturated carbocycles. The van der Waals surface area contributed by atoms with Gasteiger partial charge in [0.25, 0.3) is 0 Å². The second kappa shape index (κ2) is 4.43. The quantitative estimate of drug-likeness (QED) is 0.784. The van der Waals surface area contributed by atoms with E-state index in [0.29, 0.717) is 9.90 Å². The Morgan fingerprint density at radius 2 is 2.27 bits per heavy atom. The van der Waals surface area contributed by atoms with Crippen LogP contribution in [-0.4, -0.2) is 11.3 Å². The highest BCUT2D eigenvalue weighted by atomic mass is 79.9. The Labute approximate surface area is 104 Å². The highest BCUT2D eigenvalue weighted by molar-refractivity contribution is 9.10. The fourth-order valence-electron chi connectivity index (χ4n) is 1.13. The van der Waals surface area contributed by atoms with E-state index in [9.17, 15) is 4.79 Å². The first-order valence-corrected chi connectivity index (χ1v) is 6.06. The van der Waals surface area contributed by atoms with Gasteiger partial charge in [-0.25, -0.2) is 4.98 Å². The third-order valence-corrected chi connectivity index (χ3v) is 3.65. The number of hydrogen-bond acceptors (Lipinski definition) is 3. The molecule has 0 fully saturated rings. The summed E-state index contributed by atoms with van der Waals surface area (Å²) in [5.74, 6) is 0. The predicted octanol–water partition coefficient (Wildman–Crippen LogP) is 4.04. The molecule has 0 N–H and O–H groups in total. The minimum absolute atomic E-state index is 0.617. The molecule has 0 radical (unpaired) electrons. The summed E-state index contributed by atoms with van der Waals surface area (Å²) in [6.07, 6.45) is 2.36. The van der Waals surface area contributed by atoms with E-state index < -0.39 is 0 Å². The molecule has 2 aromatic rings. The van der Waals surface area contributed by atoms with Gasteiger partial charge in [0.1, 0.15) is 5.01 Å². The lowest BCUT2D eigenvalue weighted by Crippen LogP contribution is -1.77. The molecule has 2 nitrogen and oxygen atoms in total. The third-order valence-electron chi connectivity index (χ3n) is 1.80. The predicted molar refractivity (Wildman–Crippen MR) is 65.6 cm³/mol. The molecule has 15 heavy (non-hydrogen) atoms. The molecule has 1 aromatic heterocycles. The summed E-state index contributed by atoms with van der Waals surface area (Å²) in [7, 11) is 0. The van der Waals surface area contributed by atoms with Crippen molar-refractivity contribution in [2.75, 3.05) is 0 Å². The lowest BCUT2D eigenvalue weighted by molar-refractivity contribution is 0.112. The van der Waals surface area contributed by atoms with Gasteiger partial charge >= 0.3 is 0 Å². The zero-order valence-corrected chi connectivity index (χ0v) is 10.6. The molecule has 0 atom stereocenters. The van der Waals surface area contributed by atoms with Crippen molar-refractivity contribution in [2.45, 2.75) is 0 Å². The van der Waals surface area contributed by atoms with Crippen molar-refractivity contribution in [2.24, 2.45) is 0 Å². The third kappa shape index (κ3) is 2.27. The van der Waals surface area contributed by atoms with Crippen LogP contribution in [0, 0.1) is 0 Å². The normalized spacial score (nSPS) is 10.3. The molecule has 0 bridgehead atoms. The first kappa shape index (κ1) is 10.8. The molecule has 1 heterocycles. The molecule has 0 amide bonds. The smallest absolute Gasteiger partial charge is 0.161 e. The van der Waals surface area contributed by atoms with Crippen LogP contribution in [0.25, 0.3) is 10.6 Å². The van der Waals surface area contributed by atoms with Crippen LogP contribution in [-0.2, 0) is 0 Å². The Bertz CT molecular complexity index is 512. The van der Waals surface area contributed by atoms with E-state index in [1.807, 2.05) is 6.07 Å². The molecule has 2 rings (SSSR count). The number of carbonyl (C=O) groups is 1. The molecule has 76 valence electrons. The van der Waals surface area contributed by atoms with Gasteiger partial charge in [0.05, 0.1) is 4.88 Å². The van der Waals surface area contributed by atoms with Gasteiger partial charge in [-0.2, -0.15) is 0 Å². The van der Waals surface area contributed by atoms with Crippen molar-refractivity contribution in [3.8, 4) is 10.6 Å². The zero-order valence-electron chi connectivity index (χ0n) is 7.41. The number of aldehydes is 1. The Balaban J connectivity index is 2.49. The largest absolute Gasteiger partial charge is 0.297 e. The molecular weight excluding hydrogens is 298 g/mol. The summed E-state index contributed by atoms with van der Waals surface area (Å²) in [6.45, 7) is 0. The van der Waals surface area contributed by atoms with Crippen molar-refractivity contribution < 1.29 is 4.79 Å². The maximum Gasteiger partial charge on any atom is 0.161 e. The molecule has 0 spiro atoms. The topological polar surface area (TPSA) is 30.0 Å². The van der Waals surface area contributed by atoms with Crippen LogP contribution < -0.4 is 0 Å². The summed E-state index contributed by atoms with van der Waals surface area (Å²) in [4.78, 5) is 15.3. The monoisotopic (exact) mass is 301 g/mol. The van der Waals surface area contributed by atoms with E-state index in [2.05, 4.69) is 20.9 Å². The number of rotatable bonds is 2. The number of benzene rings is 1. The van der Waals surface area contributed by atoms with Crippen LogP contribution in [0.2, 0.25) is 5.02 Å². The van der Waals surface area contributed by atoms with E-state index in [4.69, 9.17) is 11.6 Å². The molecular formula is C10H5BrClNOS. The van der Waals surface area contributed by atoms with E-state index in [-0.39, 0.29) is 0 Å². The molecule has 0 aliphatic heterocycles. The summed E-state index contributed by atoms with van der Waals surface area (Å²) in [6, 6.07) is 5.47. The zero-order chi connectivity index (χ0) is 10.8. The Kier molecular flexibility index (Phi) is 3.19. The average molecular weight is 303 g/mol. The highest BCUT2D eigenvalue weighted by Gasteiger charge is 2.08. The number of thiazole rings is 1. The van der Waals surface area contributed by atoms with Gasteiger partial charge in [0, 0.05) is 21.3 Å². The summed E-state index contributed by atoms with van der Waals surface area (Å²) in [5.41, 5.74) is 0.942. The lowest BCUT2D eigenvalue weighted by atomic mass is 10.2. The maximum atomic E-state index is 10.5. The van der Waals surface area contributed by atoms with Gasteiger partial charge < -0.3 is 0 Å². The van der Waals surface area contributed by atoms with Gasteiger partial charge in [-0.05, 0) is 18.2 Å². The maximum absolute atomic E-state index is 10.5. The lowest BCUT2D eigenvalue weighted by Gasteiger charge is -2.00. The standard InChI is InChI=1S/C10H5BrClNOS/c11-9-3-6(12)1-2-8(9)10-13-4-7(5-14)15-10/h1-5H.